The minimum absolute atomic E-state index is 0.0137. The first kappa shape index (κ1) is 17.3. The van der Waals surface area contributed by atoms with Crippen LogP contribution in [0.25, 0.3) is 0 Å². The van der Waals surface area contributed by atoms with Gasteiger partial charge in [-0.15, -0.1) is 0 Å². The number of anilines is 1. The van der Waals surface area contributed by atoms with Crippen molar-refractivity contribution >= 4 is 5.69 Å². The summed E-state index contributed by atoms with van der Waals surface area (Å²) in [6.07, 6.45) is 6.83. The van der Waals surface area contributed by atoms with E-state index in [0.29, 0.717) is 5.92 Å². The second kappa shape index (κ2) is 8.52. The molecule has 1 fully saturated rings. The number of aryl methyl sites for hydroxylation is 1. The van der Waals surface area contributed by atoms with Crippen LogP contribution < -0.4 is 10.6 Å². The van der Waals surface area contributed by atoms with E-state index in [4.69, 9.17) is 5.73 Å². The highest BCUT2D eigenvalue weighted by Crippen LogP contribution is 2.31. The highest BCUT2D eigenvalue weighted by Gasteiger charge is 2.25. The van der Waals surface area contributed by atoms with Crippen LogP contribution in [0.4, 0.5) is 10.1 Å². The molecule has 124 valence electrons. The normalized spacial score (nSPS) is 19.6. The van der Waals surface area contributed by atoms with Gasteiger partial charge in [0.15, 0.2) is 0 Å². The molecule has 0 radical (unpaired) electrons. The number of hydrogen-bond acceptors (Lipinski definition) is 2. The maximum atomic E-state index is 14.5. The van der Waals surface area contributed by atoms with Gasteiger partial charge in [0, 0.05) is 13.1 Å². The Hall–Kier alpha value is -1.09. The van der Waals surface area contributed by atoms with Gasteiger partial charge in [0.25, 0.3) is 0 Å². The van der Waals surface area contributed by atoms with Crippen LogP contribution in [0.15, 0.2) is 18.2 Å². The Morgan fingerprint density at radius 3 is 2.82 bits per heavy atom. The summed E-state index contributed by atoms with van der Waals surface area (Å²) in [6, 6.07) is 5.81. The fourth-order valence-electron chi connectivity index (χ4n) is 3.63. The van der Waals surface area contributed by atoms with Gasteiger partial charge in [0.05, 0.1) is 5.69 Å². The van der Waals surface area contributed by atoms with Crippen LogP contribution in [-0.4, -0.2) is 19.6 Å². The van der Waals surface area contributed by atoms with Crippen LogP contribution in [0.2, 0.25) is 0 Å². The maximum absolute atomic E-state index is 14.5. The molecular weight excluding hydrogens is 275 g/mol. The summed E-state index contributed by atoms with van der Waals surface area (Å²) in [5.74, 6) is 1.45. The number of nitrogens with two attached hydrogens (primary N) is 1. The van der Waals surface area contributed by atoms with Gasteiger partial charge in [0.2, 0.25) is 0 Å². The molecule has 2 atom stereocenters. The Balaban J connectivity index is 1.90. The van der Waals surface area contributed by atoms with Gasteiger partial charge in [0.1, 0.15) is 5.82 Å². The van der Waals surface area contributed by atoms with Crippen LogP contribution in [-0.2, 0) is 6.42 Å². The van der Waals surface area contributed by atoms with Crippen LogP contribution in [0.1, 0.15) is 51.5 Å². The zero-order valence-corrected chi connectivity index (χ0v) is 14.2. The van der Waals surface area contributed by atoms with Crippen molar-refractivity contribution in [2.45, 2.75) is 52.4 Å². The highest BCUT2D eigenvalue weighted by atomic mass is 19.1. The number of hydrogen-bond donors (Lipinski definition) is 1. The molecule has 0 spiro atoms. The first-order valence-corrected chi connectivity index (χ1v) is 8.91. The summed E-state index contributed by atoms with van der Waals surface area (Å²) in [6.45, 7) is 7.06. The van der Waals surface area contributed by atoms with Crippen molar-refractivity contribution in [2.75, 3.05) is 24.5 Å². The minimum Gasteiger partial charge on any atom is -0.369 e. The predicted octanol–water partition coefficient (Wildman–Crippen LogP) is 4.37. The second-order valence-corrected chi connectivity index (χ2v) is 6.63. The van der Waals surface area contributed by atoms with Crippen molar-refractivity contribution in [1.29, 1.82) is 0 Å². The fourth-order valence-corrected chi connectivity index (χ4v) is 3.63. The van der Waals surface area contributed by atoms with E-state index in [2.05, 4.69) is 11.8 Å². The van der Waals surface area contributed by atoms with Gasteiger partial charge in [-0.3, -0.25) is 0 Å². The molecule has 1 aromatic rings. The third-order valence-corrected chi connectivity index (χ3v) is 5.20. The van der Waals surface area contributed by atoms with Gasteiger partial charge in [-0.2, -0.15) is 0 Å². The number of rotatable bonds is 8. The monoisotopic (exact) mass is 306 g/mol. The van der Waals surface area contributed by atoms with Crippen molar-refractivity contribution in [3.8, 4) is 0 Å². The Bertz CT molecular complexity index is 461. The van der Waals surface area contributed by atoms with Crippen LogP contribution in [0, 0.1) is 17.7 Å². The summed E-state index contributed by atoms with van der Waals surface area (Å²) in [7, 11) is 0. The van der Waals surface area contributed by atoms with E-state index >= 15 is 0 Å². The Kier molecular flexibility index (Phi) is 6.69. The summed E-state index contributed by atoms with van der Waals surface area (Å²) < 4.78 is 14.5. The molecule has 2 unspecified atom stereocenters. The van der Waals surface area contributed by atoms with Gasteiger partial charge in [-0.1, -0.05) is 38.8 Å². The van der Waals surface area contributed by atoms with Gasteiger partial charge in [-0.05, 0) is 55.7 Å². The number of benzene rings is 1. The molecule has 0 amide bonds. The van der Waals surface area contributed by atoms with E-state index in [0.717, 1.165) is 49.6 Å². The van der Waals surface area contributed by atoms with E-state index < -0.39 is 0 Å². The van der Waals surface area contributed by atoms with Crippen molar-refractivity contribution < 1.29 is 4.39 Å². The lowest BCUT2D eigenvalue weighted by atomic mass is 9.91. The molecule has 1 aromatic carbocycles. The summed E-state index contributed by atoms with van der Waals surface area (Å²) >= 11 is 0. The second-order valence-electron chi connectivity index (χ2n) is 6.63. The zero-order valence-electron chi connectivity index (χ0n) is 14.2. The molecule has 0 bridgehead atoms. The molecule has 0 aromatic heterocycles. The van der Waals surface area contributed by atoms with Crippen LogP contribution in [0.3, 0.4) is 0 Å². The van der Waals surface area contributed by atoms with E-state index in [1.807, 2.05) is 25.1 Å². The molecule has 2 N–H and O–H groups in total. The van der Waals surface area contributed by atoms with E-state index in [1.54, 1.807) is 0 Å². The molecule has 0 saturated carbocycles. The number of nitrogens with zero attached hydrogens (tertiary/aromatic N) is 1. The van der Waals surface area contributed by atoms with Crippen molar-refractivity contribution in [3.63, 3.8) is 0 Å². The van der Waals surface area contributed by atoms with E-state index in [9.17, 15) is 4.39 Å². The van der Waals surface area contributed by atoms with E-state index in [-0.39, 0.29) is 5.82 Å². The Labute approximate surface area is 134 Å². The van der Waals surface area contributed by atoms with Crippen molar-refractivity contribution in [3.05, 3.63) is 29.6 Å². The largest absolute Gasteiger partial charge is 0.369 e. The lowest BCUT2D eigenvalue weighted by Gasteiger charge is -2.21. The average Bonchev–Trinajstić information content (AvgIpc) is 3.00. The highest BCUT2D eigenvalue weighted by molar-refractivity contribution is 5.51. The maximum Gasteiger partial charge on any atom is 0.149 e. The quantitative estimate of drug-likeness (QED) is 0.773. The molecule has 1 aliphatic heterocycles. The molecular formula is C19H31FN2. The first-order valence-electron chi connectivity index (χ1n) is 8.91. The summed E-state index contributed by atoms with van der Waals surface area (Å²) in [5.41, 5.74) is 7.31. The standard InChI is InChI=1S/C19H31FN2/c1-3-15(10-12-21)8-9-16-11-13-22(14-16)18-7-5-6-17(4-2)19(18)20/h5-7,15-16H,3-4,8-14,21H2,1-2H3. The van der Waals surface area contributed by atoms with Gasteiger partial charge in [-0.25, -0.2) is 4.39 Å². The Morgan fingerprint density at radius 1 is 1.32 bits per heavy atom. The van der Waals surface area contributed by atoms with Crippen LogP contribution >= 0.6 is 0 Å². The number of halogens is 1. The third-order valence-electron chi connectivity index (χ3n) is 5.20. The minimum atomic E-state index is -0.0137. The molecule has 2 rings (SSSR count). The molecule has 2 nitrogen and oxygen atoms in total. The van der Waals surface area contributed by atoms with Crippen molar-refractivity contribution in [2.24, 2.45) is 17.6 Å². The average molecular weight is 306 g/mol. The molecule has 1 aliphatic rings. The molecule has 1 heterocycles. The fraction of sp³-hybridized carbons (Fsp3) is 0.684. The SMILES string of the molecule is CCc1cccc(N2CCC(CCC(CC)CCN)C2)c1F. The molecule has 0 aliphatic carbocycles. The molecule has 3 heteroatoms. The summed E-state index contributed by atoms with van der Waals surface area (Å²) in [5, 5.41) is 0. The lowest BCUT2D eigenvalue weighted by Crippen LogP contribution is -2.21. The van der Waals surface area contributed by atoms with E-state index in [1.165, 1.54) is 25.7 Å². The first-order chi connectivity index (χ1) is 10.7. The third kappa shape index (κ3) is 4.22. The zero-order chi connectivity index (χ0) is 15.9. The molecule has 1 saturated heterocycles. The van der Waals surface area contributed by atoms with Gasteiger partial charge < -0.3 is 10.6 Å². The predicted molar refractivity (Wildman–Crippen MR) is 92.8 cm³/mol. The summed E-state index contributed by atoms with van der Waals surface area (Å²) in [4.78, 5) is 2.24. The smallest absolute Gasteiger partial charge is 0.149 e. The van der Waals surface area contributed by atoms with Gasteiger partial charge >= 0.3 is 0 Å². The topological polar surface area (TPSA) is 29.3 Å². The van der Waals surface area contributed by atoms with Crippen LogP contribution in [0.5, 0.6) is 0 Å². The van der Waals surface area contributed by atoms with Crippen molar-refractivity contribution in [1.82, 2.24) is 0 Å². The molecule has 22 heavy (non-hydrogen) atoms. The Morgan fingerprint density at radius 2 is 2.14 bits per heavy atom. The lowest BCUT2D eigenvalue weighted by molar-refractivity contribution is 0.384.